The lowest BCUT2D eigenvalue weighted by atomic mass is 10.3. The molecule has 25 heavy (non-hydrogen) atoms. The lowest BCUT2D eigenvalue weighted by Gasteiger charge is -2.13. The lowest BCUT2D eigenvalue weighted by molar-refractivity contribution is 0.340. The Kier molecular flexibility index (Phi) is 6.96. The van der Waals surface area contributed by atoms with Crippen LogP contribution in [0, 0.1) is 0 Å². The van der Waals surface area contributed by atoms with Crippen LogP contribution in [0.3, 0.4) is 0 Å². The Bertz CT molecular complexity index is 753. The van der Waals surface area contributed by atoms with Crippen LogP contribution in [0.5, 0.6) is 5.75 Å². The molecule has 2 N–H and O–H groups in total. The standard InChI is InChI=1S/C16H23N5O3S/c1-21(2)14-12-16(20-18-13-14)17-8-9-19-25(22,23)11-10-24-15-6-4-3-5-7-15/h3-7,12-13,19H,8-11H2,1-2H3,(H,17,20). The predicted molar refractivity (Wildman–Crippen MR) is 98.6 cm³/mol. The molecule has 136 valence electrons. The average molecular weight is 365 g/mol. The summed E-state index contributed by atoms with van der Waals surface area (Å²) in [5.74, 6) is 1.15. The van der Waals surface area contributed by atoms with Gasteiger partial charge >= 0.3 is 0 Å². The fraction of sp³-hybridized carbons (Fsp3) is 0.375. The molecule has 0 saturated carbocycles. The van der Waals surface area contributed by atoms with Gasteiger partial charge in [0.15, 0.2) is 5.82 Å². The molecule has 0 saturated heterocycles. The van der Waals surface area contributed by atoms with Gasteiger partial charge in [-0.25, -0.2) is 13.1 Å². The van der Waals surface area contributed by atoms with Crippen LogP contribution < -0.4 is 19.7 Å². The number of benzene rings is 1. The Labute approximate surface area is 148 Å². The molecule has 0 unspecified atom stereocenters. The number of para-hydroxylation sites is 1. The third kappa shape index (κ3) is 6.94. The molecular weight excluding hydrogens is 342 g/mol. The lowest BCUT2D eigenvalue weighted by Crippen LogP contribution is -2.32. The van der Waals surface area contributed by atoms with Crippen LogP contribution in [0.4, 0.5) is 11.5 Å². The Balaban J connectivity index is 1.68. The Hall–Kier alpha value is -2.39. The van der Waals surface area contributed by atoms with E-state index in [2.05, 4.69) is 20.2 Å². The van der Waals surface area contributed by atoms with E-state index in [0.29, 0.717) is 18.1 Å². The van der Waals surface area contributed by atoms with Gasteiger partial charge in [-0.15, -0.1) is 5.10 Å². The Morgan fingerprint density at radius 3 is 2.64 bits per heavy atom. The number of nitrogens with one attached hydrogen (secondary N) is 2. The Morgan fingerprint density at radius 2 is 1.92 bits per heavy atom. The third-order valence-corrected chi connectivity index (χ3v) is 4.62. The molecule has 0 atom stereocenters. The van der Waals surface area contributed by atoms with E-state index >= 15 is 0 Å². The van der Waals surface area contributed by atoms with Crippen molar-refractivity contribution in [3.8, 4) is 5.75 Å². The summed E-state index contributed by atoms with van der Waals surface area (Å²) in [6.07, 6.45) is 1.65. The van der Waals surface area contributed by atoms with Crippen LogP contribution in [-0.4, -0.2) is 58.2 Å². The Morgan fingerprint density at radius 1 is 1.16 bits per heavy atom. The van der Waals surface area contributed by atoms with Crippen LogP contribution >= 0.6 is 0 Å². The molecule has 0 radical (unpaired) electrons. The van der Waals surface area contributed by atoms with Gasteiger partial charge in [-0.3, -0.25) is 0 Å². The highest BCUT2D eigenvalue weighted by atomic mass is 32.2. The molecular formula is C16H23N5O3S. The zero-order valence-corrected chi connectivity index (χ0v) is 15.2. The van der Waals surface area contributed by atoms with Crippen molar-refractivity contribution in [2.75, 3.05) is 49.8 Å². The molecule has 1 aromatic carbocycles. The molecule has 1 heterocycles. The molecule has 0 aliphatic heterocycles. The van der Waals surface area contributed by atoms with Crippen LogP contribution in [0.1, 0.15) is 0 Å². The second-order valence-corrected chi connectivity index (χ2v) is 7.42. The summed E-state index contributed by atoms with van der Waals surface area (Å²) in [5.41, 5.74) is 0.913. The van der Waals surface area contributed by atoms with Gasteiger partial charge in [-0.2, -0.15) is 5.10 Å². The van der Waals surface area contributed by atoms with E-state index in [4.69, 9.17) is 4.74 Å². The molecule has 9 heteroatoms. The summed E-state index contributed by atoms with van der Waals surface area (Å²) in [6, 6.07) is 11.0. The highest BCUT2D eigenvalue weighted by molar-refractivity contribution is 7.89. The van der Waals surface area contributed by atoms with Crippen LogP contribution in [0.2, 0.25) is 0 Å². The van der Waals surface area contributed by atoms with Gasteiger partial charge < -0.3 is 15.0 Å². The summed E-state index contributed by atoms with van der Waals surface area (Å²) in [4.78, 5) is 1.91. The van der Waals surface area contributed by atoms with Crippen molar-refractivity contribution in [3.63, 3.8) is 0 Å². The first-order valence-corrected chi connectivity index (χ1v) is 9.50. The topological polar surface area (TPSA) is 96.5 Å². The number of rotatable bonds is 10. The first kappa shape index (κ1) is 18.9. The number of sulfonamides is 1. The summed E-state index contributed by atoms with van der Waals surface area (Å²) in [6.45, 7) is 0.759. The molecule has 0 aliphatic rings. The second kappa shape index (κ2) is 9.19. The van der Waals surface area contributed by atoms with Gasteiger partial charge in [0.25, 0.3) is 0 Å². The van der Waals surface area contributed by atoms with E-state index in [9.17, 15) is 8.42 Å². The van der Waals surface area contributed by atoms with Crippen molar-refractivity contribution in [1.82, 2.24) is 14.9 Å². The molecule has 0 spiro atoms. The summed E-state index contributed by atoms with van der Waals surface area (Å²) in [5, 5.41) is 10.9. The number of hydrogen-bond acceptors (Lipinski definition) is 7. The van der Waals surface area contributed by atoms with Crippen LogP contribution in [0.15, 0.2) is 42.6 Å². The van der Waals surface area contributed by atoms with Crippen LogP contribution in [-0.2, 0) is 10.0 Å². The van der Waals surface area contributed by atoms with Crippen LogP contribution in [0.25, 0.3) is 0 Å². The van der Waals surface area contributed by atoms with E-state index in [-0.39, 0.29) is 18.9 Å². The van der Waals surface area contributed by atoms with Crippen molar-refractivity contribution in [3.05, 3.63) is 42.6 Å². The maximum absolute atomic E-state index is 11.9. The average Bonchev–Trinajstić information content (AvgIpc) is 2.60. The molecule has 2 rings (SSSR count). The molecule has 1 aromatic heterocycles. The minimum Gasteiger partial charge on any atom is -0.492 e. The zero-order valence-electron chi connectivity index (χ0n) is 14.3. The van der Waals surface area contributed by atoms with Crippen molar-refractivity contribution in [1.29, 1.82) is 0 Å². The summed E-state index contributed by atoms with van der Waals surface area (Å²) >= 11 is 0. The van der Waals surface area contributed by atoms with Gasteiger partial charge in [-0.05, 0) is 12.1 Å². The van der Waals surface area contributed by atoms with Crippen molar-refractivity contribution in [2.24, 2.45) is 0 Å². The van der Waals surface area contributed by atoms with Gasteiger partial charge in [-0.1, -0.05) is 18.2 Å². The smallest absolute Gasteiger partial charge is 0.215 e. The summed E-state index contributed by atoms with van der Waals surface area (Å²) in [7, 11) is 0.431. The fourth-order valence-corrected chi connectivity index (χ4v) is 2.80. The molecule has 0 fully saturated rings. The monoisotopic (exact) mass is 365 g/mol. The highest BCUT2D eigenvalue weighted by Gasteiger charge is 2.10. The second-order valence-electron chi connectivity index (χ2n) is 5.49. The van der Waals surface area contributed by atoms with Gasteiger partial charge in [0.1, 0.15) is 12.4 Å². The molecule has 0 aliphatic carbocycles. The largest absolute Gasteiger partial charge is 0.492 e. The van der Waals surface area contributed by atoms with Gasteiger partial charge in [0, 0.05) is 33.3 Å². The SMILES string of the molecule is CN(C)c1cnnc(NCCNS(=O)(=O)CCOc2ccccc2)c1. The highest BCUT2D eigenvalue weighted by Crippen LogP contribution is 2.12. The summed E-state index contributed by atoms with van der Waals surface area (Å²) < 4.78 is 31.8. The maximum atomic E-state index is 11.9. The van der Waals surface area contributed by atoms with Crippen molar-refractivity contribution < 1.29 is 13.2 Å². The van der Waals surface area contributed by atoms with E-state index < -0.39 is 10.0 Å². The number of hydrogen-bond donors (Lipinski definition) is 2. The number of anilines is 2. The first-order chi connectivity index (χ1) is 12.0. The van der Waals surface area contributed by atoms with Crippen molar-refractivity contribution >= 4 is 21.5 Å². The van der Waals surface area contributed by atoms with E-state index in [1.165, 1.54) is 0 Å². The van der Waals surface area contributed by atoms with Gasteiger partial charge in [0.05, 0.1) is 17.6 Å². The minimum atomic E-state index is -3.39. The molecule has 2 aromatic rings. The van der Waals surface area contributed by atoms with E-state index in [1.54, 1.807) is 18.3 Å². The zero-order chi connectivity index (χ0) is 18.1. The quantitative estimate of drug-likeness (QED) is 0.605. The fourth-order valence-electron chi connectivity index (χ4n) is 1.94. The third-order valence-electron chi connectivity index (χ3n) is 3.27. The predicted octanol–water partition coefficient (Wildman–Crippen LogP) is 0.953. The molecule has 0 amide bonds. The normalized spacial score (nSPS) is 11.1. The van der Waals surface area contributed by atoms with Crippen molar-refractivity contribution in [2.45, 2.75) is 0 Å². The number of nitrogens with zero attached hydrogens (tertiary/aromatic N) is 3. The maximum Gasteiger partial charge on any atom is 0.215 e. The van der Waals surface area contributed by atoms with Gasteiger partial charge in [0.2, 0.25) is 10.0 Å². The number of ether oxygens (including phenoxy) is 1. The first-order valence-electron chi connectivity index (χ1n) is 7.85. The minimum absolute atomic E-state index is 0.0994. The molecule has 0 bridgehead atoms. The van der Waals surface area contributed by atoms with E-state index in [0.717, 1.165) is 5.69 Å². The van der Waals surface area contributed by atoms with E-state index in [1.807, 2.05) is 43.3 Å². The molecule has 8 nitrogen and oxygen atoms in total. The number of aromatic nitrogens is 2.